The average molecular weight is 428 g/mol. The van der Waals surface area contributed by atoms with Crippen LogP contribution in [-0.2, 0) is 11.3 Å². The maximum absolute atomic E-state index is 13.3. The van der Waals surface area contributed by atoms with E-state index in [1.54, 1.807) is 4.90 Å². The van der Waals surface area contributed by atoms with Crippen molar-refractivity contribution in [2.75, 3.05) is 24.3 Å². The molecule has 0 aliphatic rings. The maximum atomic E-state index is 13.3. The van der Waals surface area contributed by atoms with E-state index in [9.17, 15) is 14.0 Å². The minimum Gasteiger partial charge on any atom is -0.377 e. The van der Waals surface area contributed by atoms with Crippen LogP contribution in [0, 0.1) is 11.7 Å². The minimum absolute atomic E-state index is 0.00764. The van der Waals surface area contributed by atoms with Crippen molar-refractivity contribution >= 4 is 23.2 Å². The van der Waals surface area contributed by atoms with Gasteiger partial charge in [-0.15, -0.1) is 0 Å². The second kappa shape index (κ2) is 10.9. The Kier molecular flexibility index (Phi) is 8.60. The summed E-state index contributed by atoms with van der Waals surface area (Å²) in [6.45, 7) is 8.43. The van der Waals surface area contributed by atoms with Gasteiger partial charge in [-0.25, -0.2) is 4.39 Å². The summed E-state index contributed by atoms with van der Waals surface area (Å²) in [6.07, 6.45) is 1.24. The third-order valence-corrected chi connectivity index (χ3v) is 5.25. The number of amides is 2. The fraction of sp³-hybridized carbons (Fsp3) is 0.440. The summed E-state index contributed by atoms with van der Waals surface area (Å²) in [7, 11) is 3.90. The molecule has 6 heteroatoms. The molecule has 2 rings (SSSR count). The molecule has 2 aromatic rings. The van der Waals surface area contributed by atoms with E-state index in [0.717, 1.165) is 17.7 Å². The summed E-state index contributed by atoms with van der Waals surface area (Å²) in [4.78, 5) is 29.3. The summed E-state index contributed by atoms with van der Waals surface area (Å²) in [5.74, 6) is -0.269. The normalized spacial score (nSPS) is 11.9. The fourth-order valence-corrected chi connectivity index (χ4v) is 3.40. The summed E-state index contributed by atoms with van der Waals surface area (Å²) < 4.78 is 13.3. The molecule has 0 aliphatic heterocycles. The molecule has 1 atom stereocenters. The number of hydrogen-bond acceptors (Lipinski definition) is 3. The van der Waals surface area contributed by atoms with Crippen molar-refractivity contribution < 1.29 is 14.0 Å². The highest BCUT2D eigenvalue weighted by Gasteiger charge is 2.23. The Balaban J connectivity index is 2.37. The van der Waals surface area contributed by atoms with Gasteiger partial charge >= 0.3 is 0 Å². The lowest BCUT2D eigenvalue weighted by Gasteiger charge is -2.31. The van der Waals surface area contributed by atoms with Crippen molar-refractivity contribution in [1.82, 2.24) is 4.90 Å². The van der Waals surface area contributed by atoms with Crippen molar-refractivity contribution in [2.24, 2.45) is 5.92 Å². The standard InChI is InChI=1S/C25H34FN3O2/c1-7-18(4)29(25(31)19-8-10-21(26)11-9-19)16-20-15-22(12-13-23(20)28(5)6)27-24(30)14-17(2)3/h8-13,15,17-18H,7,14,16H2,1-6H3,(H,27,30)/t18-/m0/s1. The van der Waals surface area contributed by atoms with E-state index in [2.05, 4.69) is 5.32 Å². The molecule has 0 unspecified atom stereocenters. The van der Waals surface area contributed by atoms with Gasteiger partial charge in [0.2, 0.25) is 5.91 Å². The number of carbonyl (C=O) groups is 2. The molecule has 1 N–H and O–H groups in total. The average Bonchev–Trinajstić information content (AvgIpc) is 2.70. The minimum atomic E-state index is -0.369. The topological polar surface area (TPSA) is 52.7 Å². The quantitative estimate of drug-likeness (QED) is 0.589. The van der Waals surface area contributed by atoms with Gasteiger partial charge in [-0.2, -0.15) is 0 Å². The number of hydrogen-bond donors (Lipinski definition) is 1. The third-order valence-electron chi connectivity index (χ3n) is 5.25. The maximum Gasteiger partial charge on any atom is 0.254 e. The molecule has 0 radical (unpaired) electrons. The Morgan fingerprint density at radius 3 is 2.23 bits per heavy atom. The van der Waals surface area contributed by atoms with Crippen molar-refractivity contribution in [2.45, 2.75) is 53.1 Å². The summed E-state index contributed by atoms with van der Waals surface area (Å²) >= 11 is 0. The number of halogens is 1. The van der Waals surface area contributed by atoms with E-state index in [4.69, 9.17) is 0 Å². The van der Waals surface area contributed by atoms with Crippen molar-refractivity contribution in [3.8, 4) is 0 Å². The van der Waals surface area contributed by atoms with Gasteiger partial charge in [0.15, 0.2) is 0 Å². The van der Waals surface area contributed by atoms with Gasteiger partial charge in [-0.05, 0) is 67.3 Å². The van der Waals surface area contributed by atoms with E-state index in [1.807, 2.05) is 64.9 Å². The van der Waals surface area contributed by atoms with Crippen molar-refractivity contribution in [1.29, 1.82) is 0 Å². The molecule has 0 aliphatic carbocycles. The van der Waals surface area contributed by atoms with Crippen LogP contribution in [0.3, 0.4) is 0 Å². The van der Waals surface area contributed by atoms with Crippen LogP contribution in [0.5, 0.6) is 0 Å². The molecule has 0 fully saturated rings. The monoisotopic (exact) mass is 427 g/mol. The molecule has 5 nitrogen and oxygen atoms in total. The van der Waals surface area contributed by atoms with Crippen molar-refractivity contribution in [3.05, 3.63) is 59.4 Å². The number of anilines is 2. The first-order valence-corrected chi connectivity index (χ1v) is 10.8. The Labute approximate surface area is 185 Å². The van der Waals surface area contributed by atoms with Gasteiger partial charge in [-0.1, -0.05) is 20.8 Å². The van der Waals surface area contributed by atoms with Crippen LogP contribution >= 0.6 is 0 Å². The molecule has 31 heavy (non-hydrogen) atoms. The molecule has 0 saturated heterocycles. The van der Waals surface area contributed by atoms with Crippen molar-refractivity contribution in [3.63, 3.8) is 0 Å². The van der Waals surface area contributed by atoms with E-state index in [1.165, 1.54) is 24.3 Å². The molecule has 0 saturated carbocycles. The summed E-state index contributed by atoms with van der Waals surface area (Å²) in [5.41, 5.74) is 3.07. The van der Waals surface area contributed by atoms with E-state index < -0.39 is 0 Å². The van der Waals surface area contributed by atoms with Crippen LogP contribution in [0.1, 0.15) is 56.5 Å². The number of benzene rings is 2. The first-order valence-electron chi connectivity index (χ1n) is 10.8. The highest BCUT2D eigenvalue weighted by molar-refractivity contribution is 5.94. The number of nitrogens with one attached hydrogen (secondary N) is 1. The second-order valence-electron chi connectivity index (χ2n) is 8.58. The van der Waals surface area contributed by atoms with E-state index >= 15 is 0 Å². The fourth-order valence-electron chi connectivity index (χ4n) is 3.40. The first-order chi connectivity index (χ1) is 14.6. The van der Waals surface area contributed by atoms with Crippen LogP contribution in [0.15, 0.2) is 42.5 Å². The van der Waals surface area contributed by atoms with Gasteiger partial charge in [-0.3, -0.25) is 9.59 Å². The summed E-state index contributed by atoms with van der Waals surface area (Å²) in [6, 6.07) is 11.4. The van der Waals surface area contributed by atoms with Crippen LogP contribution in [-0.4, -0.2) is 36.9 Å². The molecule has 0 spiro atoms. The molecule has 0 aromatic heterocycles. The number of rotatable bonds is 9. The van der Waals surface area contributed by atoms with Gasteiger partial charge in [0.25, 0.3) is 5.91 Å². The van der Waals surface area contributed by atoms with Crippen LogP contribution < -0.4 is 10.2 Å². The third kappa shape index (κ3) is 6.81. The number of nitrogens with zero attached hydrogens (tertiary/aromatic N) is 2. The first kappa shape index (κ1) is 24.4. The lowest BCUT2D eigenvalue weighted by molar-refractivity contribution is -0.116. The Morgan fingerprint density at radius 2 is 1.68 bits per heavy atom. The molecule has 2 amide bonds. The zero-order valence-electron chi connectivity index (χ0n) is 19.4. The smallest absolute Gasteiger partial charge is 0.254 e. The zero-order chi connectivity index (χ0) is 23.1. The SMILES string of the molecule is CC[C@H](C)N(Cc1cc(NC(=O)CC(C)C)ccc1N(C)C)C(=O)c1ccc(F)cc1. The lowest BCUT2D eigenvalue weighted by atomic mass is 10.1. The summed E-state index contributed by atoms with van der Waals surface area (Å²) in [5, 5.41) is 2.96. The Bertz CT molecular complexity index is 894. The molecule has 0 bridgehead atoms. The predicted molar refractivity (Wildman–Crippen MR) is 125 cm³/mol. The predicted octanol–water partition coefficient (Wildman–Crippen LogP) is 5.32. The molecule has 2 aromatic carbocycles. The van der Waals surface area contributed by atoms with Gasteiger partial charge in [0, 0.05) is 50.0 Å². The largest absolute Gasteiger partial charge is 0.377 e. The van der Waals surface area contributed by atoms with E-state index in [-0.39, 0.29) is 29.6 Å². The van der Waals surface area contributed by atoms with Crippen LogP contribution in [0.4, 0.5) is 15.8 Å². The van der Waals surface area contributed by atoms with Gasteiger partial charge in [0.05, 0.1) is 0 Å². The molecular weight excluding hydrogens is 393 g/mol. The van der Waals surface area contributed by atoms with Crippen LogP contribution in [0.2, 0.25) is 0 Å². The molecule has 168 valence electrons. The zero-order valence-corrected chi connectivity index (χ0v) is 19.4. The van der Waals surface area contributed by atoms with Gasteiger partial charge in [0.1, 0.15) is 5.82 Å². The van der Waals surface area contributed by atoms with E-state index in [0.29, 0.717) is 24.2 Å². The van der Waals surface area contributed by atoms with Gasteiger partial charge < -0.3 is 15.1 Å². The van der Waals surface area contributed by atoms with Crippen LogP contribution in [0.25, 0.3) is 0 Å². The highest BCUT2D eigenvalue weighted by Crippen LogP contribution is 2.27. The second-order valence-corrected chi connectivity index (χ2v) is 8.58. The highest BCUT2D eigenvalue weighted by atomic mass is 19.1. The Morgan fingerprint density at radius 1 is 1.03 bits per heavy atom. The molecule has 0 heterocycles. The molecular formula is C25H34FN3O2. The number of carbonyl (C=O) groups excluding carboxylic acids is 2. The lowest BCUT2D eigenvalue weighted by Crippen LogP contribution is -2.38. The Hall–Kier alpha value is -2.89.